The lowest BCUT2D eigenvalue weighted by Gasteiger charge is -1.89. The highest BCUT2D eigenvalue weighted by molar-refractivity contribution is 7.14. The molecule has 74 valence electrons. The van der Waals surface area contributed by atoms with Crippen molar-refractivity contribution in [3.8, 4) is 10.7 Å². The molecule has 6 heteroatoms. The number of aromatic nitrogens is 4. The van der Waals surface area contributed by atoms with Crippen molar-refractivity contribution in [2.45, 2.75) is 0 Å². The van der Waals surface area contributed by atoms with E-state index >= 15 is 0 Å². The van der Waals surface area contributed by atoms with Crippen LogP contribution in [0.2, 0.25) is 5.02 Å². The standard InChI is InChI=1S/C9H5ClN4S/c10-5-1-2-15-7(5)9-13-6-3-11-4-12-8(6)14-9/h1-4H,(H,11,12,13,14). The molecule has 0 bridgehead atoms. The van der Waals surface area contributed by atoms with Gasteiger partial charge in [0, 0.05) is 0 Å². The van der Waals surface area contributed by atoms with E-state index in [1.807, 2.05) is 11.4 Å². The topological polar surface area (TPSA) is 54.5 Å². The summed E-state index contributed by atoms with van der Waals surface area (Å²) in [6, 6.07) is 1.85. The maximum Gasteiger partial charge on any atom is 0.181 e. The number of imidazole rings is 1. The molecule has 0 fully saturated rings. The van der Waals surface area contributed by atoms with Crippen LogP contribution in [0.25, 0.3) is 21.9 Å². The number of H-pyrrole nitrogens is 1. The normalized spacial score (nSPS) is 11.0. The van der Waals surface area contributed by atoms with E-state index in [-0.39, 0.29) is 0 Å². The molecule has 0 saturated heterocycles. The SMILES string of the molecule is Clc1ccsc1-c1nc2ncncc2[nH]1. The van der Waals surface area contributed by atoms with Crippen molar-refractivity contribution in [2.75, 3.05) is 0 Å². The number of hydrogen-bond donors (Lipinski definition) is 1. The van der Waals surface area contributed by atoms with Crippen LogP contribution in [-0.4, -0.2) is 19.9 Å². The Bertz CT molecular complexity index is 582. The van der Waals surface area contributed by atoms with Crippen LogP contribution in [0.5, 0.6) is 0 Å². The summed E-state index contributed by atoms with van der Waals surface area (Å²) >= 11 is 7.56. The van der Waals surface area contributed by atoms with Crippen molar-refractivity contribution >= 4 is 34.1 Å². The van der Waals surface area contributed by atoms with Crippen molar-refractivity contribution in [1.82, 2.24) is 19.9 Å². The van der Waals surface area contributed by atoms with Gasteiger partial charge in [-0.2, -0.15) is 0 Å². The molecular formula is C9H5ClN4S. The maximum atomic E-state index is 6.02. The van der Waals surface area contributed by atoms with Gasteiger partial charge in [-0.15, -0.1) is 11.3 Å². The first-order valence-electron chi connectivity index (χ1n) is 4.23. The summed E-state index contributed by atoms with van der Waals surface area (Å²) in [5, 5.41) is 2.63. The van der Waals surface area contributed by atoms with Gasteiger partial charge < -0.3 is 4.98 Å². The van der Waals surface area contributed by atoms with Gasteiger partial charge in [-0.3, -0.25) is 0 Å². The molecule has 0 unspecified atom stereocenters. The minimum atomic E-state index is 0.657. The van der Waals surface area contributed by atoms with E-state index in [2.05, 4.69) is 19.9 Å². The van der Waals surface area contributed by atoms with Gasteiger partial charge in [-0.05, 0) is 11.4 Å². The monoisotopic (exact) mass is 236 g/mol. The molecule has 0 amide bonds. The Morgan fingerprint density at radius 3 is 3.07 bits per heavy atom. The quantitative estimate of drug-likeness (QED) is 0.707. The second-order valence-electron chi connectivity index (χ2n) is 2.94. The third kappa shape index (κ3) is 1.40. The Balaban J connectivity index is 2.24. The number of nitrogens with one attached hydrogen (secondary N) is 1. The largest absolute Gasteiger partial charge is 0.335 e. The lowest BCUT2D eigenvalue weighted by Crippen LogP contribution is -1.76. The minimum absolute atomic E-state index is 0.657. The van der Waals surface area contributed by atoms with Crippen LogP contribution in [0.15, 0.2) is 24.0 Å². The summed E-state index contributed by atoms with van der Waals surface area (Å²) in [4.78, 5) is 16.4. The number of fused-ring (bicyclic) bond motifs is 1. The lowest BCUT2D eigenvalue weighted by molar-refractivity contribution is 1.20. The van der Waals surface area contributed by atoms with Gasteiger partial charge >= 0.3 is 0 Å². The molecule has 0 aromatic carbocycles. The number of nitrogens with zero attached hydrogens (tertiary/aromatic N) is 3. The van der Waals surface area contributed by atoms with Gasteiger partial charge in [0.15, 0.2) is 11.5 Å². The molecule has 0 saturated carbocycles. The van der Waals surface area contributed by atoms with Gasteiger partial charge in [0.2, 0.25) is 0 Å². The van der Waals surface area contributed by atoms with Crippen LogP contribution in [0, 0.1) is 0 Å². The molecular weight excluding hydrogens is 232 g/mol. The van der Waals surface area contributed by atoms with Crippen molar-refractivity contribution in [3.05, 3.63) is 29.0 Å². The average Bonchev–Trinajstić information content (AvgIpc) is 2.82. The summed E-state index contributed by atoms with van der Waals surface area (Å²) in [5.41, 5.74) is 1.47. The average molecular weight is 237 g/mol. The van der Waals surface area contributed by atoms with E-state index < -0.39 is 0 Å². The van der Waals surface area contributed by atoms with E-state index in [0.717, 1.165) is 16.2 Å². The lowest BCUT2D eigenvalue weighted by atomic mass is 10.4. The Morgan fingerprint density at radius 1 is 1.40 bits per heavy atom. The zero-order valence-corrected chi connectivity index (χ0v) is 9.01. The van der Waals surface area contributed by atoms with Crippen LogP contribution >= 0.6 is 22.9 Å². The molecule has 0 aliphatic carbocycles. The Kier molecular flexibility index (Phi) is 1.93. The Hall–Kier alpha value is -1.46. The summed E-state index contributed by atoms with van der Waals surface area (Å²) in [7, 11) is 0. The van der Waals surface area contributed by atoms with Crippen LogP contribution < -0.4 is 0 Å². The van der Waals surface area contributed by atoms with E-state index in [1.165, 1.54) is 6.33 Å². The first-order valence-corrected chi connectivity index (χ1v) is 5.49. The summed E-state index contributed by atoms with van der Waals surface area (Å²) < 4.78 is 0. The number of thiophene rings is 1. The maximum absolute atomic E-state index is 6.02. The van der Waals surface area contributed by atoms with E-state index in [1.54, 1.807) is 17.5 Å². The predicted molar refractivity (Wildman–Crippen MR) is 60.0 cm³/mol. The molecule has 1 N–H and O–H groups in total. The molecule has 0 radical (unpaired) electrons. The molecule has 3 aromatic heterocycles. The Morgan fingerprint density at radius 2 is 2.33 bits per heavy atom. The molecule has 0 aliphatic heterocycles. The molecule has 15 heavy (non-hydrogen) atoms. The van der Waals surface area contributed by atoms with Gasteiger partial charge in [-0.1, -0.05) is 11.6 Å². The first-order chi connectivity index (χ1) is 7.34. The van der Waals surface area contributed by atoms with Crippen LogP contribution in [0.3, 0.4) is 0 Å². The zero-order chi connectivity index (χ0) is 10.3. The molecule has 0 atom stereocenters. The number of halogens is 1. The fourth-order valence-electron chi connectivity index (χ4n) is 1.33. The minimum Gasteiger partial charge on any atom is -0.335 e. The van der Waals surface area contributed by atoms with Gasteiger partial charge in [0.05, 0.1) is 16.1 Å². The van der Waals surface area contributed by atoms with Crippen molar-refractivity contribution < 1.29 is 0 Å². The highest BCUT2D eigenvalue weighted by Crippen LogP contribution is 2.31. The number of rotatable bonds is 1. The van der Waals surface area contributed by atoms with Crippen LogP contribution in [-0.2, 0) is 0 Å². The molecule has 0 spiro atoms. The fraction of sp³-hybridized carbons (Fsp3) is 0. The third-order valence-corrected chi connectivity index (χ3v) is 3.34. The highest BCUT2D eigenvalue weighted by Gasteiger charge is 2.10. The van der Waals surface area contributed by atoms with E-state index in [4.69, 9.17) is 11.6 Å². The summed E-state index contributed by atoms with van der Waals surface area (Å²) in [6.07, 6.45) is 3.17. The molecule has 0 aliphatic rings. The van der Waals surface area contributed by atoms with Gasteiger partial charge in [-0.25, -0.2) is 15.0 Å². The van der Waals surface area contributed by atoms with Gasteiger partial charge in [0.1, 0.15) is 11.8 Å². The predicted octanol–water partition coefficient (Wildman–Crippen LogP) is 2.73. The summed E-state index contributed by atoms with van der Waals surface area (Å²) in [6.45, 7) is 0. The zero-order valence-electron chi connectivity index (χ0n) is 7.44. The third-order valence-electron chi connectivity index (χ3n) is 1.99. The van der Waals surface area contributed by atoms with Crippen LogP contribution in [0.4, 0.5) is 0 Å². The number of hydrogen-bond acceptors (Lipinski definition) is 4. The second-order valence-corrected chi connectivity index (χ2v) is 4.27. The van der Waals surface area contributed by atoms with Crippen molar-refractivity contribution in [3.63, 3.8) is 0 Å². The Labute approximate surface area is 94.0 Å². The summed E-state index contributed by atoms with van der Waals surface area (Å²) in [5.74, 6) is 0.741. The van der Waals surface area contributed by atoms with Crippen molar-refractivity contribution in [1.29, 1.82) is 0 Å². The van der Waals surface area contributed by atoms with Crippen LogP contribution in [0.1, 0.15) is 0 Å². The highest BCUT2D eigenvalue weighted by atomic mass is 35.5. The number of aromatic amines is 1. The molecule has 3 aromatic rings. The van der Waals surface area contributed by atoms with E-state index in [9.17, 15) is 0 Å². The fourth-order valence-corrected chi connectivity index (χ4v) is 2.42. The van der Waals surface area contributed by atoms with E-state index in [0.29, 0.717) is 10.7 Å². The molecule has 3 heterocycles. The molecule has 4 nitrogen and oxygen atoms in total. The first kappa shape index (κ1) is 8.82. The van der Waals surface area contributed by atoms with Gasteiger partial charge in [0.25, 0.3) is 0 Å². The smallest absolute Gasteiger partial charge is 0.181 e. The second kappa shape index (κ2) is 3.29. The molecule has 3 rings (SSSR count). The van der Waals surface area contributed by atoms with Crippen molar-refractivity contribution in [2.24, 2.45) is 0 Å².